The number of hydrogen-bond acceptors (Lipinski definition) is 4. The van der Waals surface area contributed by atoms with Gasteiger partial charge < -0.3 is 15.2 Å². The third kappa shape index (κ3) is 6.11. The summed E-state index contributed by atoms with van der Waals surface area (Å²) in [6, 6.07) is 43.7. The van der Waals surface area contributed by atoms with Gasteiger partial charge in [0.1, 0.15) is 0 Å². The Hall–Kier alpha value is -7.26. The Kier molecular flexibility index (Phi) is 8.31. The van der Waals surface area contributed by atoms with Gasteiger partial charge in [0.25, 0.3) is 0 Å². The monoisotopic (exact) mass is 725 g/mol. The van der Waals surface area contributed by atoms with Gasteiger partial charge in [-0.1, -0.05) is 126 Å². The van der Waals surface area contributed by atoms with E-state index in [1.807, 2.05) is 158 Å². The van der Waals surface area contributed by atoms with Crippen LogP contribution in [0, 0.1) is 0 Å². The van der Waals surface area contributed by atoms with E-state index < -0.39 is 11.9 Å². The number of nitrogens with one attached hydrogen (secondary N) is 2. The molecule has 0 unspecified atom stereocenters. The van der Waals surface area contributed by atoms with Gasteiger partial charge in [-0.15, -0.1) is 0 Å². The van der Waals surface area contributed by atoms with Crippen LogP contribution in [0.5, 0.6) is 0 Å². The lowest BCUT2D eigenvalue weighted by atomic mass is 10.00. The molecule has 55 heavy (non-hydrogen) atoms. The Morgan fingerprint density at radius 3 is 1.22 bits per heavy atom. The predicted octanol–water partition coefficient (Wildman–Crippen LogP) is 12.1. The summed E-state index contributed by atoms with van der Waals surface area (Å²) in [5.74, 6) is 0. The quantitative estimate of drug-likeness (QED) is 0.0937. The number of hydrogen-bond donors (Lipinski definition) is 3. The van der Waals surface area contributed by atoms with Crippen molar-refractivity contribution in [3.05, 3.63) is 168 Å². The molecule has 0 saturated carbocycles. The van der Waals surface area contributed by atoms with Gasteiger partial charge in [-0.25, -0.2) is 9.97 Å². The molecular weight excluding hydrogens is 696 g/mol. The van der Waals surface area contributed by atoms with E-state index in [0.717, 1.165) is 38.9 Å². The van der Waals surface area contributed by atoms with E-state index >= 15 is 0 Å². The normalized spacial score (nSPS) is 12.7. The fraction of sp³-hybridized carbons (Fsp3) is 0.0217. The van der Waals surface area contributed by atoms with Gasteiger partial charge in [0, 0.05) is 44.4 Å². The molecule has 0 aliphatic carbocycles. The smallest absolute Gasteiger partial charge is 0.410 e. The highest BCUT2D eigenvalue weighted by Gasteiger charge is 2.39. The van der Waals surface area contributed by atoms with Crippen molar-refractivity contribution in [2.75, 3.05) is 0 Å². The zero-order valence-electron chi connectivity index (χ0n) is 29.0. The van der Waals surface area contributed by atoms with E-state index in [1.54, 1.807) is 0 Å². The van der Waals surface area contributed by atoms with Crippen LogP contribution >= 0.6 is 0 Å². The first-order valence-electron chi connectivity index (χ1n) is 17.6. The fourth-order valence-electron chi connectivity index (χ4n) is 7.37. The van der Waals surface area contributed by atoms with Crippen LogP contribution in [0.25, 0.3) is 90.9 Å². The van der Waals surface area contributed by atoms with Crippen LogP contribution in [-0.4, -0.2) is 37.0 Å². The molecule has 4 aromatic carbocycles. The summed E-state index contributed by atoms with van der Waals surface area (Å²) in [6.07, 6.45) is 2.49. The zero-order chi connectivity index (χ0) is 37.5. The Morgan fingerprint density at radius 2 is 0.836 bits per heavy atom. The van der Waals surface area contributed by atoms with Crippen molar-refractivity contribution in [2.45, 2.75) is 6.18 Å². The van der Waals surface area contributed by atoms with Crippen molar-refractivity contribution in [3.63, 3.8) is 0 Å². The molecule has 3 N–H and O–H groups in total. The summed E-state index contributed by atoms with van der Waals surface area (Å²) in [7, 11) is 0. The first-order valence-corrected chi connectivity index (χ1v) is 17.6. The van der Waals surface area contributed by atoms with E-state index in [-0.39, 0.29) is 11.1 Å². The molecular formula is C46H30F3N5O. The molecule has 0 radical (unpaired) electrons. The van der Waals surface area contributed by atoms with E-state index in [9.17, 15) is 18.4 Å². The summed E-state index contributed by atoms with van der Waals surface area (Å²) >= 11 is 0. The minimum absolute atomic E-state index is 0.0863. The molecule has 9 heteroatoms. The third-order valence-corrected chi connectivity index (χ3v) is 9.74. The fourth-order valence-corrected chi connectivity index (χ4v) is 7.37. The number of fused-ring (bicyclic) bond motifs is 8. The largest absolute Gasteiger partial charge is 0.437 e. The maximum Gasteiger partial charge on any atom is 0.437 e. The molecule has 6 nitrogen and oxygen atoms in total. The molecule has 7 aromatic rings. The second-order valence-electron chi connectivity index (χ2n) is 13.1. The van der Waals surface area contributed by atoms with Crippen molar-refractivity contribution in [1.82, 2.24) is 19.9 Å². The van der Waals surface area contributed by atoms with Gasteiger partial charge in [0.2, 0.25) is 0 Å². The molecule has 0 spiro atoms. The van der Waals surface area contributed by atoms with Crippen LogP contribution in [0.2, 0.25) is 0 Å². The average Bonchev–Trinajstić information content (AvgIpc) is 4.04. The van der Waals surface area contributed by atoms with Crippen molar-refractivity contribution in [3.8, 4) is 44.5 Å². The number of rotatable bonds is 5. The zero-order valence-corrected chi connectivity index (χ0v) is 29.0. The SMILES string of the molecule is O/N=C(/c1cc2[nH]c1c(-c1ccccc1)c1nc(c(-c3ccccc3)c3ccc([nH]3)c(-c3ccccc3)c3nc(c2-c2ccccc2)C=C3)C=C1)C(F)(F)F. The van der Waals surface area contributed by atoms with Crippen molar-refractivity contribution < 1.29 is 18.4 Å². The first kappa shape index (κ1) is 33.6. The Morgan fingerprint density at radius 1 is 0.473 bits per heavy atom. The molecule has 2 aliphatic heterocycles. The summed E-state index contributed by atoms with van der Waals surface area (Å²) in [5.41, 5.74) is 8.30. The molecule has 0 fully saturated rings. The summed E-state index contributed by atoms with van der Waals surface area (Å²) in [4.78, 5) is 17.4. The number of alkyl halides is 3. The van der Waals surface area contributed by atoms with Crippen LogP contribution in [0.1, 0.15) is 28.3 Å². The van der Waals surface area contributed by atoms with Crippen LogP contribution in [-0.2, 0) is 0 Å². The molecule has 0 amide bonds. The number of oxime groups is 1. The van der Waals surface area contributed by atoms with Gasteiger partial charge in [-0.2, -0.15) is 13.2 Å². The highest BCUT2D eigenvalue weighted by atomic mass is 19.4. The van der Waals surface area contributed by atoms with Crippen LogP contribution in [0.15, 0.2) is 145 Å². The van der Waals surface area contributed by atoms with Crippen molar-refractivity contribution in [2.24, 2.45) is 5.16 Å². The van der Waals surface area contributed by atoms with E-state index in [2.05, 4.69) is 15.1 Å². The van der Waals surface area contributed by atoms with Crippen molar-refractivity contribution >= 4 is 52.1 Å². The maximum absolute atomic E-state index is 14.8. The number of aromatic amines is 2. The van der Waals surface area contributed by atoms with Gasteiger partial charge in [-0.3, -0.25) is 0 Å². The summed E-state index contributed by atoms with van der Waals surface area (Å²) in [5, 5.41) is 12.8. The molecule has 0 atom stereocenters. The summed E-state index contributed by atoms with van der Waals surface area (Å²) < 4.78 is 44.5. The van der Waals surface area contributed by atoms with Gasteiger partial charge >= 0.3 is 6.18 Å². The van der Waals surface area contributed by atoms with Crippen molar-refractivity contribution in [1.29, 1.82) is 0 Å². The van der Waals surface area contributed by atoms with Crippen LogP contribution in [0.3, 0.4) is 0 Å². The van der Waals surface area contributed by atoms with Crippen LogP contribution in [0.4, 0.5) is 13.2 Å². The second kappa shape index (κ2) is 13.6. The second-order valence-corrected chi connectivity index (χ2v) is 13.1. The number of benzene rings is 4. The van der Waals surface area contributed by atoms with Crippen LogP contribution < -0.4 is 0 Å². The Bertz CT molecular complexity index is 2840. The highest BCUT2D eigenvalue weighted by Crippen LogP contribution is 2.40. The third-order valence-electron chi connectivity index (χ3n) is 9.74. The number of halogens is 3. The Labute approximate surface area is 313 Å². The number of nitrogens with zero attached hydrogens (tertiary/aromatic N) is 3. The number of aromatic nitrogens is 4. The summed E-state index contributed by atoms with van der Waals surface area (Å²) in [6.45, 7) is 0. The average molecular weight is 726 g/mol. The maximum atomic E-state index is 14.8. The first-order chi connectivity index (χ1) is 26.9. The van der Waals surface area contributed by atoms with E-state index in [0.29, 0.717) is 45.0 Å². The van der Waals surface area contributed by atoms with Gasteiger partial charge in [0.05, 0.1) is 28.3 Å². The lowest BCUT2D eigenvalue weighted by Gasteiger charge is -2.10. The molecule has 3 aromatic heterocycles. The predicted molar refractivity (Wildman–Crippen MR) is 215 cm³/mol. The molecule has 2 aliphatic rings. The number of H-pyrrole nitrogens is 2. The minimum atomic E-state index is -4.99. The molecule has 9 rings (SSSR count). The highest BCUT2D eigenvalue weighted by molar-refractivity contribution is 6.15. The molecule has 5 heterocycles. The van der Waals surface area contributed by atoms with Gasteiger partial charge in [0.15, 0.2) is 5.71 Å². The van der Waals surface area contributed by atoms with E-state index in [1.165, 1.54) is 6.07 Å². The standard InChI is InChI=1S/C46H30F3N5O/c47-46(48,49)45(54-55)32-27-39-42(30-17-9-3-10-18-30)37-24-23-35(51-37)40(28-13-5-1-6-14-28)33-21-22-34(50-33)41(29-15-7-2-8-16-29)36-25-26-38(52-36)43(44(32)53-39)31-19-11-4-12-20-31/h1-27,50,53,55H/b40-33?,40-35?,41-34?,41-36?,42-37?,42-39?,43-38?,44-43?,54-45-. The van der Waals surface area contributed by atoms with Gasteiger partial charge in [-0.05, 0) is 64.8 Å². The lowest BCUT2D eigenvalue weighted by molar-refractivity contribution is -0.0600. The topological polar surface area (TPSA) is 90.0 Å². The van der Waals surface area contributed by atoms with E-state index in [4.69, 9.17) is 9.97 Å². The molecule has 0 saturated heterocycles. The molecule has 266 valence electrons. The Balaban J connectivity index is 1.55. The lowest BCUT2D eigenvalue weighted by Crippen LogP contribution is -2.23. The molecule has 8 bridgehead atoms. The minimum Gasteiger partial charge on any atom is -0.410 e.